The zero-order chi connectivity index (χ0) is 24.5. The Labute approximate surface area is 205 Å². The van der Waals surface area contributed by atoms with E-state index in [0.717, 1.165) is 23.4 Å². The van der Waals surface area contributed by atoms with Gasteiger partial charge in [-0.05, 0) is 60.5 Å². The summed E-state index contributed by atoms with van der Waals surface area (Å²) in [6.45, 7) is 2.65. The van der Waals surface area contributed by atoms with E-state index in [2.05, 4.69) is 0 Å². The first-order valence-electron chi connectivity index (χ1n) is 11.9. The van der Waals surface area contributed by atoms with Crippen molar-refractivity contribution >= 4 is 28.9 Å². The number of imide groups is 1. The van der Waals surface area contributed by atoms with Crippen molar-refractivity contribution in [1.82, 2.24) is 0 Å². The normalized spacial score (nSPS) is 21.4. The number of amides is 2. The molecule has 0 aliphatic carbocycles. The summed E-state index contributed by atoms with van der Waals surface area (Å²) in [5.41, 5.74) is 3.29. The second-order valence-electron chi connectivity index (χ2n) is 9.00. The number of carbonyl (C=O) groups excluding carboxylic acids is 2. The molecular formula is C28H29N3O4. The molecule has 0 unspecified atom stereocenters. The van der Waals surface area contributed by atoms with Gasteiger partial charge in [0, 0.05) is 19.8 Å². The van der Waals surface area contributed by atoms with Crippen LogP contribution in [0.5, 0.6) is 5.75 Å². The molecule has 35 heavy (non-hydrogen) atoms. The Morgan fingerprint density at radius 1 is 0.857 bits per heavy atom. The van der Waals surface area contributed by atoms with Crippen molar-refractivity contribution in [2.24, 2.45) is 5.92 Å². The number of hydrogen-bond donors (Lipinski definition) is 0. The molecule has 180 valence electrons. The number of benzene rings is 3. The highest BCUT2D eigenvalue weighted by Gasteiger charge is 2.60. The zero-order valence-electron chi connectivity index (χ0n) is 20.1. The standard InChI is InChI=1S/C28H29N3O4/c1-4-18-34-23-16-14-21(15-17-23)30-27(32)24-25(19-10-12-20(13-11-19)29(2)3)31(35-26(24)28(30)33)22-8-6-5-7-9-22/h5-17,24-26H,4,18H2,1-3H3/t24-,25+,26-/m1/s1. The smallest absolute Gasteiger partial charge is 0.266 e. The van der Waals surface area contributed by atoms with Gasteiger partial charge in [0.15, 0.2) is 6.10 Å². The molecule has 3 atom stereocenters. The Morgan fingerprint density at radius 3 is 2.17 bits per heavy atom. The Balaban J connectivity index is 1.49. The van der Waals surface area contributed by atoms with Gasteiger partial charge < -0.3 is 9.64 Å². The van der Waals surface area contributed by atoms with Crippen LogP contribution < -0.4 is 19.6 Å². The molecule has 3 aromatic rings. The van der Waals surface area contributed by atoms with E-state index in [-0.39, 0.29) is 11.8 Å². The highest BCUT2D eigenvalue weighted by atomic mass is 16.7. The SMILES string of the molecule is CCCOc1ccc(N2C(=O)[C@H]3[C@@H](ON(c4ccccc4)[C@H]3c3ccc(N(C)C)cc3)C2=O)cc1. The van der Waals surface area contributed by atoms with Gasteiger partial charge in [-0.3, -0.25) is 14.4 Å². The lowest BCUT2D eigenvalue weighted by molar-refractivity contribution is -0.126. The zero-order valence-corrected chi connectivity index (χ0v) is 20.1. The summed E-state index contributed by atoms with van der Waals surface area (Å²) in [7, 11) is 3.96. The van der Waals surface area contributed by atoms with Gasteiger partial charge >= 0.3 is 0 Å². The lowest BCUT2D eigenvalue weighted by atomic mass is 9.90. The third-order valence-corrected chi connectivity index (χ3v) is 6.44. The summed E-state index contributed by atoms with van der Waals surface area (Å²) in [6.07, 6.45) is 0.0117. The number of fused-ring (bicyclic) bond motifs is 1. The molecule has 3 aromatic carbocycles. The van der Waals surface area contributed by atoms with E-state index in [1.54, 1.807) is 29.3 Å². The van der Waals surface area contributed by atoms with Gasteiger partial charge in [0.1, 0.15) is 11.7 Å². The number of para-hydroxylation sites is 1. The molecule has 2 amide bonds. The molecule has 2 aliphatic rings. The molecule has 2 fully saturated rings. The van der Waals surface area contributed by atoms with Gasteiger partial charge in [-0.25, -0.2) is 9.96 Å². The third-order valence-electron chi connectivity index (χ3n) is 6.44. The summed E-state index contributed by atoms with van der Waals surface area (Å²) < 4.78 is 5.64. The van der Waals surface area contributed by atoms with Crippen LogP contribution in [0.2, 0.25) is 0 Å². The predicted molar refractivity (Wildman–Crippen MR) is 136 cm³/mol. The Kier molecular flexibility index (Phi) is 6.17. The molecular weight excluding hydrogens is 442 g/mol. The molecule has 0 bridgehead atoms. The van der Waals surface area contributed by atoms with Gasteiger partial charge in [-0.15, -0.1) is 0 Å². The third kappa shape index (κ3) is 4.12. The van der Waals surface area contributed by atoms with Gasteiger partial charge in [-0.2, -0.15) is 0 Å². The molecule has 7 nitrogen and oxygen atoms in total. The molecule has 7 heteroatoms. The molecule has 0 aromatic heterocycles. The van der Waals surface area contributed by atoms with Crippen molar-refractivity contribution < 1.29 is 19.2 Å². The van der Waals surface area contributed by atoms with E-state index in [9.17, 15) is 9.59 Å². The Bertz CT molecular complexity index is 1200. The van der Waals surface area contributed by atoms with E-state index in [1.165, 1.54) is 4.90 Å². The monoisotopic (exact) mass is 471 g/mol. The first-order valence-corrected chi connectivity index (χ1v) is 11.9. The van der Waals surface area contributed by atoms with E-state index >= 15 is 0 Å². The van der Waals surface area contributed by atoms with Crippen molar-refractivity contribution in [1.29, 1.82) is 0 Å². The number of nitrogens with zero attached hydrogens (tertiary/aromatic N) is 3. The van der Waals surface area contributed by atoms with E-state index < -0.39 is 18.1 Å². The highest BCUT2D eigenvalue weighted by molar-refractivity contribution is 6.23. The average molecular weight is 472 g/mol. The number of hydrogen-bond acceptors (Lipinski definition) is 6. The van der Waals surface area contributed by atoms with Crippen molar-refractivity contribution in [2.45, 2.75) is 25.5 Å². The molecule has 2 heterocycles. The van der Waals surface area contributed by atoms with E-state index in [4.69, 9.17) is 9.57 Å². The van der Waals surface area contributed by atoms with E-state index in [0.29, 0.717) is 18.0 Å². The topological polar surface area (TPSA) is 62.3 Å². The van der Waals surface area contributed by atoms with Crippen molar-refractivity contribution in [2.75, 3.05) is 35.6 Å². The number of hydroxylamine groups is 1. The van der Waals surface area contributed by atoms with Gasteiger partial charge in [-0.1, -0.05) is 37.3 Å². The van der Waals surface area contributed by atoms with Crippen molar-refractivity contribution in [3.05, 3.63) is 84.4 Å². The summed E-state index contributed by atoms with van der Waals surface area (Å²) in [5.74, 6) is -0.568. The number of rotatable bonds is 7. The minimum atomic E-state index is -0.891. The van der Waals surface area contributed by atoms with Crippen LogP contribution >= 0.6 is 0 Å². The number of anilines is 3. The van der Waals surface area contributed by atoms with Crippen LogP contribution in [-0.2, 0) is 14.4 Å². The van der Waals surface area contributed by atoms with Crippen LogP contribution in [-0.4, -0.2) is 38.6 Å². The van der Waals surface area contributed by atoms with Gasteiger partial charge in [0.25, 0.3) is 5.91 Å². The van der Waals surface area contributed by atoms with Crippen LogP contribution in [0, 0.1) is 5.92 Å². The fourth-order valence-electron chi connectivity index (χ4n) is 4.69. The van der Waals surface area contributed by atoms with Crippen LogP contribution in [0.1, 0.15) is 24.9 Å². The maximum atomic E-state index is 13.7. The average Bonchev–Trinajstić information content (AvgIpc) is 3.39. The lowest BCUT2D eigenvalue weighted by Crippen LogP contribution is -2.37. The summed E-state index contributed by atoms with van der Waals surface area (Å²) >= 11 is 0. The molecule has 2 aliphatic heterocycles. The number of carbonyl (C=O) groups is 2. The lowest BCUT2D eigenvalue weighted by Gasteiger charge is -2.29. The maximum Gasteiger partial charge on any atom is 0.266 e. The van der Waals surface area contributed by atoms with Crippen molar-refractivity contribution in [3.8, 4) is 5.75 Å². The molecule has 0 radical (unpaired) electrons. The Morgan fingerprint density at radius 2 is 1.54 bits per heavy atom. The molecule has 5 rings (SSSR count). The van der Waals surface area contributed by atoms with Crippen LogP contribution in [0.15, 0.2) is 78.9 Å². The van der Waals surface area contributed by atoms with Crippen molar-refractivity contribution in [3.63, 3.8) is 0 Å². The molecule has 0 saturated carbocycles. The predicted octanol–water partition coefficient (Wildman–Crippen LogP) is 4.59. The van der Waals surface area contributed by atoms with E-state index in [1.807, 2.05) is 80.5 Å². The van der Waals surface area contributed by atoms with Crippen LogP contribution in [0.3, 0.4) is 0 Å². The van der Waals surface area contributed by atoms with Crippen LogP contribution in [0.25, 0.3) is 0 Å². The molecule has 0 N–H and O–H groups in total. The molecule has 2 saturated heterocycles. The maximum absolute atomic E-state index is 13.7. The first-order chi connectivity index (χ1) is 17.0. The highest BCUT2D eigenvalue weighted by Crippen LogP contribution is 2.47. The molecule has 0 spiro atoms. The van der Waals surface area contributed by atoms with Gasteiger partial charge in [0.05, 0.1) is 24.0 Å². The fourth-order valence-corrected chi connectivity index (χ4v) is 4.69. The number of ether oxygens (including phenoxy) is 1. The minimum absolute atomic E-state index is 0.262. The minimum Gasteiger partial charge on any atom is -0.494 e. The summed E-state index contributed by atoms with van der Waals surface area (Å²) in [5, 5.41) is 1.72. The largest absolute Gasteiger partial charge is 0.494 e. The van der Waals surface area contributed by atoms with Gasteiger partial charge in [0.2, 0.25) is 5.91 Å². The quantitative estimate of drug-likeness (QED) is 0.470. The first kappa shape index (κ1) is 22.9. The summed E-state index contributed by atoms with van der Waals surface area (Å²) in [4.78, 5) is 36.7. The second kappa shape index (κ2) is 9.43. The second-order valence-corrected chi connectivity index (χ2v) is 9.00. The summed E-state index contributed by atoms with van der Waals surface area (Å²) in [6, 6.07) is 24.3. The fraction of sp³-hybridized carbons (Fsp3) is 0.286. The van der Waals surface area contributed by atoms with Crippen LogP contribution in [0.4, 0.5) is 17.1 Å². The Hall–Kier alpha value is -3.84.